The number of rotatable bonds is 8. The van der Waals surface area contributed by atoms with Crippen LogP contribution >= 0.6 is 0 Å². The van der Waals surface area contributed by atoms with Crippen LogP contribution in [0.4, 0.5) is 10.5 Å². The third kappa shape index (κ3) is 8.51. The van der Waals surface area contributed by atoms with Crippen LogP contribution in [0.2, 0.25) is 0 Å². The molecule has 0 aliphatic carbocycles. The maximum atomic E-state index is 12.4. The molecule has 0 bridgehead atoms. The molecule has 2 rings (SSSR count). The van der Waals surface area contributed by atoms with Crippen LogP contribution in [0, 0.1) is 13.8 Å². The molecule has 2 N–H and O–H groups in total. The lowest BCUT2D eigenvalue weighted by Crippen LogP contribution is -2.33. The Morgan fingerprint density at radius 1 is 1.03 bits per heavy atom. The van der Waals surface area contributed by atoms with Crippen molar-refractivity contribution in [3.8, 4) is 0 Å². The summed E-state index contributed by atoms with van der Waals surface area (Å²) in [6, 6.07) is 12.0. The third-order valence-electron chi connectivity index (χ3n) is 4.77. The Hall–Kier alpha value is -2.91. The molecule has 8 nitrogen and oxygen atoms in total. The average Bonchev–Trinajstić information content (AvgIpc) is 2.68. The first-order valence-electron chi connectivity index (χ1n) is 10.7. The number of carbonyl (C=O) groups excluding carboxylic acids is 2. The van der Waals surface area contributed by atoms with E-state index in [2.05, 4.69) is 10.0 Å². The van der Waals surface area contributed by atoms with E-state index in [1.54, 1.807) is 64.2 Å². The zero-order chi connectivity index (χ0) is 24.8. The van der Waals surface area contributed by atoms with Crippen LogP contribution in [-0.4, -0.2) is 44.5 Å². The van der Waals surface area contributed by atoms with Gasteiger partial charge in [-0.1, -0.05) is 18.2 Å². The van der Waals surface area contributed by atoms with Gasteiger partial charge in [0.25, 0.3) is 0 Å². The van der Waals surface area contributed by atoms with E-state index in [-0.39, 0.29) is 23.8 Å². The highest BCUT2D eigenvalue weighted by molar-refractivity contribution is 7.89. The molecule has 0 saturated carbocycles. The summed E-state index contributed by atoms with van der Waals surface area (Å²) in [7, 11) is -2.05. The van der Waals surface area contributed by atoms with Crippen molar-refractivity contribution in [2.45, 2.75) is 58.1 Å². The van der Waals surface area contributed by atoms with Crippen molar-refractivity contribution in [1.82, 2.24) is 9.62 Å². The van der Waals surface area contributed by atoms with Crippen molar-refractivity contribution in [2.75, 3.05) is 18.9 Å². The number of sulfonamides is 1. The number of anilines is 1. The Morgan fingerprint density at radius 2 is 1.73 bits per heavy atom. The number of benzene rings is 2. The van der Waals surface area contributed by atoms with Crippen LogP contribution < -0.4 is 10.0 Å². The highest BCUT2D eigenvalue weighted by Crippen LogP contribution is 2.16. The van der Waals surface area contributed by atoms with Crippen molar-refractivity contribution in [3.05, 3.63) is 59.2 Å². The van der Waals surface area contributed by atoms with Gasteiger partial charge < -0.3 is 15.0 Å². The molecular formula is C24H33N3O5S. The quantitative estimate of drug-likeness (QED) is 0.601. The second-order valence-corrected chi connectivity index (χ2v) is 10.7. The van der Waals surface area contributed by atoms with Gasteiger partial charge in [0.05, 0.1) is 4.90 Å². The third-order valence-corrected chi connectivity index (χ3v) is 6.23. The van der Waals surface area contributed by atoms with Gasteiger partial charge in [0, 0.05) is 32.2 Å². The minimum Gasteiger partial charge on any atom is -0.444 e. The number of hydrogen-bond donors (Lipinski definition) is 2. The summed E-state index contributed by atoms with van der Waals surface area (Å²) in [6.45, 7) is 9.45. The molecule has 0 aliphatic rings. The van der Waals surface area contributed by atoms with Crippen molar-refractivity contribution in [2.24, 2.45) is 0 Å². The molecule has 0 fully saturated rings. The molecule has 0 aliphatic heterocycles. The first-order valence-corrected chi connectivity index (χ1v) is 12.1. The second-order valence-electron chi connectivity index (χ2n) is 8.98. The summed E-state index contributed by atoms with van der Waals surface area (Å²) in [6.07, 6.45) is -0.459. The number of carbonyl (C=O) groups is 2. The van der Waals surface area contributed by atoms with Gasteiger partial charge in [-0.3, -0.25) is 4.79 Å². The zero-order valence-electron chi connectivity index (χ0n) is 20.1. The fraction of sp³-hybridized carbons (Fsp3) is 0.417. The topological polar surface area (TPSA) is 105 Å². The minimum absolute atomic E-state index is 0.0217. The molecular weight excluding hydrogens is 442 g/mol. The van der Waals surface area contributed by atoms with E-state index in [0.717, 1.165) is 16.7 Å². The van der Waals surface area contributed by atoms with Gasteiger partial charge in [0.2, 0.25) is 15.9 Å². The molecule has 2 aromatic rings. The van der Waals surface area contributed by atoms with Crippen LogP contribution in [0.5, 0.6) is 0 Å². The summed E-state index contributed by atoms with van der Waals surface area (Å²) >= 11 is 0. The smallest absolute Gasteiger partial charge is 0.410 e. The molecule has 33 heavy (non-hydrogen) atoms. The Kier molecular flexibility index (Phi) is 8.63. The van der Waals surface area contributed by atoms with Crippen LogP contribution in [0.1, 0.15) is 43.9 Å². The van der Waals surface area contributed by atoms with E-state index in [1.807, 2.05) is 19.9 Å². The maximum absolute atomic E-state index is 12.4. The van der Waals surface area contributed by atoms with Crippen LogP contribution in [-0.2, 0) is 26.1 Å². The molecule has 0 saturated heterocycles. The fourth-order valence-corrected chi connectivity index (χ4v) is 4.03. The van der Waals surface area contributed by atoms with E-state index in [9.17, 15) is 18.0 Å². The van der Waals surface area contributed by atoms with Gasteiger partial charge in [0.1, 0.15) is 5.60 Å². The van der Waals surface area contributed by atoms with Gasteiger partial charge in [-0.15, -0.1) is 0 Å². The van der Waals surface area contributed by atoms with Crippen molar-refractivity contribution < 1.29 is 22.7 Å². The SMILES string of the molecule is Cc1ccc(S(=O)(=O)NCCC(=O)Nc2cccc(CN(C)C(=O)OC(C)(C)C)c2)cc1C. The normalized spacial score (nSPS) is 11.7. The number of hydrogen-bond acceptors (Lipinski definition) is 5. The van der Waals surface area contributed by atoms with E-state index in [0.29, 0.717) is 12.2 Å². The van der Waals surface area contributed by atoms with Crippen molar-refractivity contribution >= 4 is 27.7 Å². The maximum Gasteiger partial charge on any atom is 0.410 e. The number of ether oxygens (including phenoxy) is 1. The Morgan fingerprint density at radius 3 is 2.36 bits per heavy atom. The van der Waals surface area contributed by atoms with Crippen molar-refractivity contribution in [3.63, 3.8) is 0 Å². The lowest BCUT2D eigenvalue weighted by molar-refractivity contribution is -0.116. The number of nitrogens with one attached hydrogen (secondary N) is 2. The van der Waals surface area contributed by atoms with Gasteiger partial charge >= 0.3 is 6.09 Å². The van der Waals surface area contributed by atoms with E-state index in [1.165, 1.54) is 4.90 Å². The number of nitrogens with zero attached hydrogens (tertiary/aromatic N) is 1. The van der Waals surface area contributed by atoms with Crippen LogP contribution in [0.3, 0.4) is 0 Å². The van der Waals surface area contributed by atoms with E-state index in [4.69, 9.17) is 4.74 Å². The lowest BCUT2D eigenvalue weighted by atomic mass is 10.1. The molecule has 0 radical (unpaired) electrons. The zero-order valence-corrected chi connectivity index (χ0v) is 20.9. The summed E-state index contributed by atoms with van der Waals surface area (Å²) in [5.41, 5.74) is 2.69. The average molecular weight is 476 g/mol. The van der Waals surface area contributed by atoms with Gasteiger partial charge in [-0.05, 0) is 75.6 Å². The van der Waals surface area contributed by atoms with Crippen LogP contribution in [0.15, 0.2) is 47.4 Å². The largest absolute Gasteiger partial charge is 0.444 e. The minimum atomic E-state index is -3.69. The van der Waals surface area contributed by atoms with E-state index < -0.39 is 21.7 Å². The summed E-state index contributed by atoms with van der Waals surface area (Å²) < 4.78 is 32.7. The number of amides is 2. The highest BCUT2D eigenvalue weighted by Gasteiger charge is 2.20. The molecule has 0 heterocycles. The highest BCUT2D eigenvalue weighted by atomic mass is 32.2. The van der Waals surface area contributed by atoms with Gasteiger partial charge in [0.15, 0.2) is 0 Å². The summed E-state index contributed by atoms with van der Waals surface area (Å²) in [4.78, 5) is 26.1. The predicted molar refractivity (Wildman–Crippen MR) is 128 cm³/mol. The first-order chi connectivity index (χ1) is 15.3. The van der Waals surface area contributed by atoms with Crippen molar-refractivity contribution in [1.29, 1.82) is 0 Å². The molecule has 9 heteroatoms. The van der Waals surface area contributed by atoms with Gasteiger partial charge in [-0.25, -0.2) is 17.9 Å². The molecule has 0 aromatic heterocycles. The molecule has 0 spiro atoms. The number of aryl methyl sites for hydroxylation is 2. The Balaban J connectivity index is 1.89. The molecule has 0 atom stereocenters. The monoisotopic (exact) mass is 475 g/mol. The second kappa shape index (κ2) is 10.8. The molecule has 2 aromatic carbocycles. The summed E-state index contributed by atoms with van der Waals surface area (Å²) in [5, 5.41) is 2.76. The lowest BCUT2D eigenvalue weighted by Gasteiger charge is -2.24. The Labute approximate surface area is 196 Å². The van der Waals surface area contributed by atoms with Gasteiger partial charge in [-0.2, -0.15) is 0 Å². The van der Waals surface area contributed by atoms with Crippen LogP contribution in [0.25, 0.3) is 0 Å². The predicted octanol–water partition coefficient (Wildman–Crippen LogP) is 3.98. The van der Waals surface area contributed by atoms with E-state index >= 15 is 0 Å². The fourth-order valence-electron chi connectivity index (χ4n) is 2.91. The first kappa shape index (κ1) is 26.3. The molecule has 0 unspecified atom stereocenters. The summed E-state index contributed by atoms with van der Waals surface area (Å²) in [5.74, 6) is -0.324. The Bertz CT molecular complexity index is 1110. The standard InChI is InChI=1S/C24H33N3O5S/c1-17-10-11-21(14-18(17)2)33(30,31)25-13-12-22(28)26-20-9-7-8-19(15-20)16-27(6)23(29)32-24(3,4)5/h7-11,14-15,25H,12-13,16H2,1-6H3,(H,26,28). The molecule has 180 valence electrons. The molecule has 2 amide bonds.